The number of rotatable bonds is 5. The molecule has 0 spiro atoms. The van der Waals surface area contributed by atoms with Crippen LogP contribution in [0, 0.1) is 5.92 Å². The van der Waals surface area contributed by atoms with E-state index < -0.39 is 10.0 Å². The van der Waals surface area contributed by atoms with Gasteiger partial charge in [-0.25, -0.2) is 8.42 Å². The third-order valence-corrected chi connectivity index (χ3v) is 5.28. The van der Waals surface area contributed by atoms with Gasteiger partial charge in [-0.1, -0.05) is 0 Å². The predicted octanol–water partition coefficient (Wildman–Crippen LogP) is 0.706. The van der Waals surface area contributed by atoms with Gasteiger partial charge in [-0.05, 0) is 18.8 Å². The van der Waals surface area contributed by atoms with E-state index in [1.165, 1.54) is 23.4 Å². The van der Waals surface area contributed by atoms with Gasteiger partial charge in [0.2, 0.25) is 10.0 Å². The Hall–Kier alpha value is -0.920. The van der Waals surface area contributed by atoms with Gasteiger partial charge in [0.05, 0.1) is 19.1 Å². The first-order chi connectivity index (χ1) is 9.45. The summed E-state index contributed by atoms with van der Waals surface area (Å²) in [6.07, 6.45) is 5.55. The van der Waals surface area contributed by atoms with Crippen molar-refractivity contribution >= 4 is 10.0 Å². The van der Waals surface area contributed by atoms with Gasteiger partial charge >= 0.3 is 0 Å². The van der Waals surface area contributed by atoms with E-state index in [2.05, 4.69) is 5.10 Å². The van der Waals surface area contributed by atoms with E-state index in [4.69, 9.17) is 4.74 Å². The number of sulfonamides is 1. The molecule has 0 saturated heterocycles. The van der Waals surface area contributed by atoms with Crippen molar-refractivity contribution in [3.05, 3.63) is 17.5 Å². The summed E-state index contributed by atoms with van der Waals surface area (Å²) in [4.78, 5) is 0. The fraction of sp³-hybridized carbons (Fsp3) is 0.769. The highest BCUT2D eigenvalue weighted by Gasteiger charge is 2.33. The van der Waals surface area contributed by atoms with Crippen LogP contribution in [0.4, 0.5) is 0 Å². The fourth-order valence-electron chi connectivity index (χ4n) is 2.77. The van der Waals surface area contributed by atoms with E-state index in [1.54, 1.807) is 6.20 Å². The average Bonchev–Trinajstić information content (AvgIpc) is 3.11. The van der Waals surface area contributed by atoms with Crippen LogP contribution in [0.1, 0.15) is 30.0 Å². The van der Waals surface area contributed by atoms with Crippen LogP contribution in [0.2, 0.25) is 0 Å². The van der Waals surface area contributed by atoms with E-state index in [-0.39, 0.29) is 5.92 Å². The lowest BCUT2D eigenvalue weighted by atomic mass is 9.99. The molecule has 1 atom stereocenters. The Balaban J connectivity index is 1.76. The van der Waals surface area contributed by atoms with Gasteiger partial charge in [0.1, 0.15) is 0 Å². The number of ether oxygens (including phenoxy) is 1. The van der Waals surface area contributed by atoms with Crippen LogP contribution in [0.15, 0.2) is 6.20 Å². The first kappa shape index (κ1) is 14.0. The highest BCUT2D eigenvalue weighted by atomic mass is 32.2. The Morgan fingerprint density at radius 1 is 1.40 bits per heavy atom. The maximum atomic E-state index is 11.8. The third-order valence-electron chi connectivity index (χ3n) is 4.06. The molecule has 20 heavy (non-hydrogen) atoms. The molecule has 0 radical (unpaired) electrons. The highest BCUT2D eigenvalue weighted by molar-refractivity contribution is 7.88. The number of aryl methyl sites for hydroxylation is 1. The fourth-order valence-corrected chi connectivity index (χ4v) is 3.60. The van der Waals surface area contributed by atoms with E-state index in [9.17, 15) is 8.42 Å². The van der Waals surface area contributed by atoms with Crippen molar-refractivity contribution in [2.24, 2.45) is 13.0 Å². The number of hydrogen-bond acceptors (Lipinski definition) is 4. The smallest absolute Gasteiger partial charge is 0.211 e. The minimum atomic E-state index is -3.18. The van der Waals surface area contributed by atoms with Crippen molar-refractivity contribution in [1.29, 1.82) is 0 Å². The highest BCUT2D eigenvalue weighted by Crippen LogP contribution is 2.32. The molecule has 0 N–H and O–H groups in total. The summed E-state index contributed by atoms with van der Waals surface area (Å²) in [7, 11) is -1.27. The molecule has 0 unspecified atom stereocenters. The molecule has 1 aliphatic carbocycles. The van der Waals surface area contributed by atoms with E-state index >= 15 is 0 Å². The van der Waals surface area contributed by atoms with Crippen molar-refractivity contribution in [3.8, 4) is 0 Å². The summed E-state index contributed by atoms with van der Waals surface area (Å²) in [5.74, 6) is 0.787. The molecular weight excluding hydrogens is 278 g/mol. The molecule has 0 amide bonds. The average molecular weight is 299 g/mol. The molecule has 1 fully saturated rings. The first-order valence-electron chi connectivity index (χ1n) is 6.99. The zero-order valence-electron chi connectivity index (χ0n) is 11.9. The molecular formula is C13H21N3O3S. The Morgan fingerprint density at radius 3 is 2.80 bits per heavy atom. The monoisotopic (exact) mass is 299 g/mol. The molecule has 3 rings (SSSR count). The van der Waals surface area contributed by atoms with Crippen LogP contribution in [-0.2, 0) is 28.4 Å². The molecule has 112 valence electrons. The summed E-state index contributed by atoms with van der Waals surface area (Å²) in [6.45, 7) is 2.26. The second-order valence-electron chi connectivity index (χ2n) is 5.91. The van der Waals surface area contributed by atoms with Crippen LogP contribution in [0.3, 0.4) is 0 Å². The van der Waals surface area contributed by atoms with Gasteiger partial charge in [-0.3, -0.25) is 4.68 Å². The molecule has 6 nitrogen and oxygen atoms in total. The van der Waals surface area contributed by atoms with Crippen LogP contribution in [0.5, 0.6) is 0 Å². The summed E-state index contributed by atoms with van der Waals surface area (Å²) in [5.41, 5.74) is 2.10. The Morgan fingerprint density at radius 2 is 2.15 bits per heavy atom. The van der Waals surface area contributed by atoms with E-state index in [0.717, 1.165) is 23.8 Å². The van der Waals surface area contributed by atoms with Gasteiger partial charge in [-0.15, -0.1) is 0 Å². The van der Waals surface area contributed by atoms with Crippen molar-refractivity contribution in [2.75, 3.05) is 26.0 Å². The summed E-state index contributed by atoms with van der Waals surface area (Å²) < 4.78 is 32.7. The van der Waals surface area contributed by atoms with Crippen molar-refractivity contribution < 1.29 is 13.2 Å². The lowest BCUT2D eigenvalue weighted by molar-refractivity contribution is 0.0998. The minimum absolute atomic E-state index is 0.0692. The van der Waals surface area contributed by atoms with Crippen molar-refractivity contribution in [2.45, 2.75) is 25.3 Å². The molecule has 1 saturated carbocycles. The van der Waals surface area contributed by atoms with Crippen molar-refractivity contribution in [1.82, 2.24) is 14.1 Å². The topological polar surface area (TPSA) is 64.4 Å². The Bertz CT molecular complexity index is 592. The zero-order valence-corrected chi connectivity index (χ0v) is 12.8. The Labute approximate surface area is 119 Å². The van der Waals surface area contributed by atoms with Crippen LogP contribution >= 0.6 is 0 Å². The van der Waals surface area contributed by atoms with Gasteiger partial charge in [-0.2, -0.15) is 9.40 Å². The van der Waals surface area contributed by atoms with Crippen LogP contribution in [0.25, 0.3) is 0 Å². The maximum Gasteiger partial charge on any atom is 0.211 e. The van der Waals surface area contributed by atoms with Gasteiger partial charge in [0, 0.05) is 43.9 Å². The minimum Gasteiger partial charge on any atom is -0.380 e. The van der Waals surface area contributed by atoms with Crippen molar-refractivity contribution in [3.63, 3.8) is 0 Å². The number of aromatic nitrogens is 2. The second-order valence-corrected chi connectivity index (χ2v) is 7.89. The van der Waals surface area contributed by atoms with Gasteiger partial charge in [0.25, 0.3) is 0 Å². The number of hydrogen-bond donors (Lipinski definition) is 0. The second kappa shape index (κ2) is 5.13. The lowest BCUT2D eigenvalue weighted by Crippen LogP contribution is -2.39. The molecule has 1 aromatic rings. The quantitative estimate of drug-likeness (QED) is 0.803. The van der Waals surface area contributed by atoms with Gasteiger partial charge in [0.15, 0.2) is 0 Å². The van der Waals surface area contributed by atoms with Crippen LogP contribution in [-0.4, -0.2) is 48.5 Å². The molecule has 1 aromatic heterocycles. The zero-order chi connectivity index (χ0) is 14.3. The first-order valence-corrected chi connectivity index (χ1v) is 8.83. The summed E-state index contributed by atoms with van der Waals surface area (Å²) >= 11 is 0. The number of nitrogens with zero attached hydrogens (tertiary/aromatic N) is 3. The molecule has 2 heterocycles. The lowest BCUT2D eigenvalue weighted by Gasteiger charge is -2.31. The van der Waals surface area contributed by atoms with Gasteiger partial charge < -0.3 is 4.74 Å². The normalized spacial score (nSPS) is 23.8. The molecule has 1 aliphatic heterocycles. The Kier molecular flexibility index (Phi) is 3.60. The van der Waals surface area contributed by atoms with E-state index in [0.29, 0.717) is 19.7 Å². The third kappa shape index (κ3) is 2.89. The predicted molar refractivity (Wildman–Crippen MR) is 74.7 cm³/mol. The molecule has 0 aromatic carbocycles. The van der Waals surface area contributed by atoms with E-state index in [1.807, 2.05) is 11.7 Å². The molecule has 7 heteroatoms. The molecule has 2 aliphatic rings. The maximum absolute atomic E-state index is 11.8. The number of fused-ring (bicyclic) bond motifs is 1. The SMILES string of the molecule is Cn1ncc2c1[C@H](COCC1CC1)CN(S(C)(=O)=O)C2. The molecule has 0 bridgehead atoms. The largest absolute Gasteiger partial charge is 0.380 e. The summed E-state index contributed by atoms with van der Waals surface area (Å²) in [6, 6.07) is 0. The summed E-state index contributed by atoms with van der Waals surface area (Å²) in [5, 5.41) is 4.26. The van der Waals surface area contributed by atoms with Crippen LogP contribution < -0.4 is 0 Å². The standard InChI is InChI=1S/C13H21N3O3S/c1-15-13-11(5-14-15)6-16(20(2,17)18)7-12(13)9-19-8-10-3-4-10/h5,10,12H,3-4,6-9H2,1-2H3/t12-/m0/s1.